The predicted molar refractivity (Wildman–Crippen MR) is 85.2 cm³/mol. The Hall–Kier alpha value is -1.06. The highest BCUT2D eigenvalue weighted by atomic mass is 15.3. The molecule has 1 aromatic carbocycles. The van der Waals surface area contributed by atoms with E-state index >= 15 is 0 Å². The largest absolute Gasteiger partial charge is 0.367 e. The Kier molecular flexibility index (Phi) is 3.74. The Morgan fingerprint density at radius 1 is 1.35 bits per heavy atom. The van der Waals surface area contributed by atoms with Crippen molar-refractivity contribution in [3.8, 4) is 0 Å². The highest BCUT2D eigenvalue weighted by molar-refractivity contribution is 5.54. The van der Waals surface area contributed by atoms with Crippen molar-refractivity contribution >= 4 is 5.69 Å². The Morgan fingerprint density at radius 2 is 2.15 bits per heavy atom. The summed E-state index contributed by atoms with van der Waals surface area (Å²) in [5, 5.41) is 0. The van der Waals surface area contributed by atoms with Gasteiger partial charge in [-0.2, -0.15) is 0 Å². The number of aryl methyl sites for hydroxylation is 1. The first kappa shape index (κ1) is 13.9. The van der Waals surface area contributed by atoms with Crippen molar-refractivity contribution in [2.75, 3.05) is 31.6 Å². The predicted octanol–water partition coefficient (Wildman–Crippen LogP) is 2.39. The minimum atomic E-state index is 0.137. The van der Waals surface area contributed by atoms with Crippen molar-refractivity contribution in [2.45, 2.75) is 44.2 Å². The van der Waals surface area contributed by atoms with E-state index in [4.69, 9.17) is 5.73 Å². The molecule has 2 N–H and O–H groups in total. The van der Waals surface area contributed by atoms with E-state index in [1.165, 1.54) is 50.0 Å². The van der Waals surface area contributed by atoms with Gasteiger partial charge in [0, 0.05) is 31.9 Å². The standard InChI is InChI=1S/C17H27N3/c1-14-6-3-4-8-16(14)19(2)17(13-18)9-11-20-10-5-7-15(20)12-17/h3-4,6,8,15H,5,7,9-13,18H2,1-2H3. The van der Waals surface area contributed by atoms with Crippen LogP contribution in [0.5, 0.6) is 0 Å². The molecule has 2 unspecified atom stereocenters. The van der Waals surface area contributed by atoms with Crippen LogP contribution in [0.25, 0.3) is 0 Å². The van der Waals surface area contributed by atoms with Crippen LogP contribution in [0.2, 0.25) is 0 Å². The van der Waals surface area contributed by atoms with Gasteiger partial charge in [0.05, 0.1) is 5.54 Å². The lowest BCUT2D eigenvalue weighted by atomic mass is 9.81. The smallest absolute Gasteiger partial charge is 0.0548 e. The Labute approximate surface area is 122 Å². The minimum Gasteiger partial charge on any atom is -0.367 e. The number of hydrogen-bond acceptors (Lipinski definition) is 3. The van der Waals surface area contributed by atoms with E-state index in [1.54, 1.807) is 0 Å². The average Bonchev–Trinajstić information content (AvgIpc) is 2.94. The zero-order valence-corrected chi connectivity index (χ0v) is 12.8. The number of benzene rings is 1. The van der Waals surface area contributed by atoms with Gasteiger partial charge in [-0.15, -0.1) is 0 Å². The summed E-state index contributed by atoms with van der Waals surface area (Å²) in [7, 11) is 2.24. The number of hydrogen-bond donors (Lipinski definition) is 1. The van der Waals surface area contributed by atoms with Crippen LogP contribution in [0.15, 0.2) is 24.3 Å². The molecule has 2 aliphatic heterocycles. The van der Waals surface area contributed by atoms with E-state index in [-0.39, 0.29) is 5.54 Å². The first-order chi connectivity index (χ1) is 9.66. The maximum atomic E-state index is 6.25. The quantitative estimate of drug-likeness (QED) is 0.918. The molecule has 20 heavy (non-hydrogen) atoms. The van der Waals surface area contributed by atoms with Crippen molar-refractivity contribution in [3.63, 3.8) is 0 Å². The Balaban J connectivity index is 1.87. The molecule has 0 aromatic heterocycles. The molecule has 0 radical (unpaired) electrons. The second-order valence-corrected chi connectivity index (χ2v) is 6.56. The zero-order valence-electron chi connectivity index (χ0n) is 12.8. The molecule has 3 heteroatoms. The highest BCUT2D eigenvalue weighted by Gasteiger charge is 2.43. The van der Waals surface area contributed by atoms with Gasteiger partial charge >= 0.3 is 0 Å². The fourth-order valence-electron chi connectivity index (χ4n) is 4.14. The van der Waals surface area contributed by atoms with Gasteiger partial charge in [-0.3, -0.25) is 0 Å². The molecule has 2 fully saturated rings. The number of rotatable bonds is 3. The third kappa shape index (κ3) is 2.23. The zero-order chi connectivity index (χ0) is 14.2. The van der Waals surface area contributed by atoms with E-state index in [9.17, 15) is 0 Å². The number of anilines is 1. The van der Waals surface area contributed by atoms with Gasteiger partial charge in [0.1, 0.15) is 0 Å². The Bertz CT molecular complexity index is 473. The van der Waals surface area contributed by atoms with Crippen LogP contribution in [-0.2, 0) is 0 Å². The molecular weight excluding hydrogens is 246 g/mol. The van der Waals surface area contributed by atoms with Gasteiger partial charge in [-0.05, 0) is 50.8 Å². The van der Waals surface area contributed by atoms with E-state index in [2.05, 4.69) is 48.0 Å². The molecule has 2 aliphatic rings. The SMILES string of the molecule is Cc1ccccc1N(C)C1(CN)CCN2CCCC2C1. The van der Waals surface area contributed by atoms with E-state index < -0.39 is 0 Å². The molecule has 0 bridgehead atoms. The van der Waals surface area contributed by atoms with Crippen LogP contribution in [0.4, 0.5) is 5.69 Å². The van der Waals surface area contributed by atoms with Gasteiger partial charge in [0.25, 0.3) is 0 Å². The van der Waals surface area contributed by atoms with Crippen LogP contribution >= 0.6 is 0 Å². The summed E-state index contributed by atoms with van der Waals surface area (Å²) < 4.78 is 0. The molecule has 2 saturated heterocycles. The third-order valence-corrected chi connectivity index (χ3v) is 5.55. The Morgan fingerprint density at radius 3 is 2.90 bits per heavy atom. The van der Waals surface area contributed by atoms with Crippen molar-refractivity contribution in [1.29, 1.82) is 0 Å². The maximum Gasteiger partial charge on any atom is 0.0548 e. The summed E-state index contributed by atoms with van der Waals surface area (Å²) in [6, 6.07) is 9.42. The van der Waals surface area contributed by atoms with Crippen LogP contribution in [-0.4, -0.2) is 43.2 Å². The lowest BCUT2D eigenvalue weighted by Gasteiger charge is -2.50. The minimum absolute atomic E-state index is 0.137. The normalized spacial score (nSPS) is 30.2. The maximum absolute atomic E-state index is 6.25. The first-order valence-electron chi connectivity index (χ1n) is 7.90. The second kappa shape index (κ2) is 5.38. The van der Waals surface area contributed by atoms with Crippen molar-refractivity contribution in [1.82, 2.24) is 4.90 Å². The van der Waals surface area contributed by atoms with Crippen molar-refractivity contribution in [2.24, 2.45) is 5.73 Å². The number of nitrogens with zero attached hydrogens (tertiary/aromatic N) is 2. The van der Waals surface area contributed by atoms with Gasteiger partial charge < -0.3 is 15.5 Å². The number of nitrogens with two attached hydrogens (primary N) is 1. The van der Waals surface area contributed by atoms with Crippen LogP contribution in [0.1, 0.15) is 31.2 Å². The average molecular weight is 273 g/mol. The number of fused-ring (bicyclic) bond motifs is 1. The summed E-state index contributed by atoms with van der Waals surface area (Å²) in [4.78, 5) is 5.14. The summed E-state index contributed by atoms with van der Waals surface area (Å²) in [6.45, 7) is 5.44. The number of piperidine rings is 1. The number of para-hydroxylation sites is 1. The molecule has 2 heterocycles. The molecule has 2 atom stereocenters. The highest BCUT2D eigenvalue weighted by Crippen LogP contribution is 2.38. The molecule has 0 aliphatic carbocycles. The summed E-state index contributed by atoms with van der Waals surface area (Å²) >= 11 is 0. The molecule has 3 rings (SSSR count). The summed E-state index contributed by atoms with van der Waals surface area (Å²) in [5.41, 5.74) is 9.07. The first-order valence-corrected chi connectivity index (χ1v) is 7.90. The monoisotopic (exact) mass is 273 g/mol. The lowest BCUT2D eigenvalue weighted by molar-refractivity contribution is 0.131. The molecular formula is C17H27N3. The summed E-state index contributed by atoms with van der Waals surface area (Å²) in [6.07, 6.45) is 5.11. The van der Waals surface area contributed by atoms with Gasteiger partial charge in [-0.25, -0.2) is 0 Å². The molecule has 0 spiro atoms. The fourth-order valence-corrected chi connectivity index (χ4v) is 4.14. The van der Waals surface area contributed by atoms with Crippen LogP contribution in [0, 0.1) is 6.92 Å². The van der Waals surface area contributed by atoms with Crippen LogP contribution in [0.3, 0.4) is 0 Å². The van der Waals surface area contributed by atoms with Gasteiger partial charge in [-0.1, -0.05) is 18.2 Å². The lowest BCUT2D eigenvalue weighted by Crippen LogP contribution is -2.60. The molecule has 1 aromatic rings. The topological polar surface area (TPSA) is 32.5 Å². The van der Waals surface area contributed by atoms with E-state index in [0.29, 0.717) is 0 Å². The van der Waals surface area contributed by atoms with Gasteiger partial charge in [0.2, 0.25) is 0 Å². The van der Waals surface area contributed by atoms with E-state index in [0.717, 1.165) is 12.6 Å². The molecule has 0 amide bonds. The van der Waals surface area contributed by atoms with Crippen molar-refractivity contribution in [3.05, 3.63) is 29.8 Å². The molecule has 110 valence electrons. The summed E-state index contributed by atoms with van der Waals surface area (Å²) in [5.74, 6) is 0. The molecule has 3 nitrogen and oxygen atoms in total. The van der Waals surface area contributed by atoms with E-state index in [1.807, 2.05) is 0 Å². The number of likely N-dealkylation sites (N-methyl/N-ethyl adjacent to an activating group) is 1. The van der Waals surface area contributed by atoms with Crippen molar-refractivity contribution < 1.29 is 0 Å². The van der Waals surface area contributed by atoms with Crippen LogP contribution < -0.4 is 10.6 Å². The fraction of sp³-hybridized carbons (Fsp3) is 0.647. The third-order valence-electron chi connectivity index (χ3n) is 5.55. The molecule has 0 saturated carbocycles. The van der Waals surface area contributed by atoms with Gasteiger partial charge in [0.15, 0.2) is 0 Å². The second-order valence-electron chi connectivity index (χ2n) is 6.56.